The van der Waals surface area contributed by atoms with Gasteiger partial charge < -0.3 is 9.73 Å². The van der Waals surface area contributed by atoms with E-state index in [1.54, 1.807) is 25.1 Å². The molecule has 0 spiro atoms. The maximum atomic E-state index is 13.8. The third-order valence-electron chi connectivity index (χ3n) is 4.21. The van der Waals surface area contributed by atoms with Gasteiger partial charge in [0.2, 0.25) is 5.91 Å². The highest BCUT2D eigenvalue weighted by molar-refractivity contribution is 8.00. The number of rotatable bonds is 5. The van der Waals surface area contributed by atoms with Crippen LogP contribution in [0.25, 0.3) is 22.2 Å². The summed E-state index contributed by atoms with van der Waals surface area (Å²) in [6.07, 6.45) is 0. The van der Waals surface area contributed by atoms with E-state index < -0.39 is 11.1 Å². The highest BCUT2D eigenvalue weighted by Crippen LogP contribution is 2.29. The van der Waals surface area contributed by atoms with Gasteiger partial charge in [0.25, 0.3) is 11.1 Å². The summed E-state index contributed by atoms with van der Waals surface area (Å²) in [7, 11) is 0. The summed E-state index contributed by atoms with van der Waals surface area (Å²) in [4.78, 5) is 12.6. The molecule has 1 atom stereocenters. The molecule has 0 unspecified atom stereocenters. The first-order chi connectivity index (χ1) is 13.6. The lowest BCUT2D eigenvalue weighted by molar-refractivity contribution is -0.115. The number of nitrogens with one attached hydrogen (secondary N) is 1. The minimum Gasteiger partial charge on any atom is -0.411 e. The average molecular weight is 393 g/mol. The van der Waals surface area contributed by atoms with Gasteiger partial charge in [0.15, 0.2) is 0 Å². The third kappa shape index (κ3) is 3.75. The molecule has 4 aromatic rings. The number of amides is 1. The van der Waals surface area contributed by atoms with Crippen LogP contribution in [0.15, 0.2) is 76.4 Å². The van der Waals surface area contributed by atoms with Crippen molar-refractivity contribution in [2.24, 2.45) is 0 Å². The zero-order chi connectivity index (χ0) is 19.5. The van der Waals surface area contributed by atoms with E-state index in [0.29, 0.717) is 0 Å². The van der Waals surface area contributed by atoms with Gasteiger partial charge in [0, 0.05) is 11.1 Å². The van der Waals surface area contributed by atoms with Gasteiger partial charge in [-0.3, -0.25) is 4.79 Å². The van der Waals surface area contributed by atoms with Gasteiger partial charge in [-0.25, -0.2) is 4.39 Å². The Hall–Kier alpha value is -3.19. The van der Waals surface area contributed by atoms with Gasteiger partial charge in [0.1, 0.15) is 5.82 Å². The molecule has 1 amide bonds. The fourth-order valence-electron chi connectivity index (χ4n) is 2.77. The maximum Gasteiger partial charge on any atom is 0.277 e. The smallest absolute Gasteiger partial charge is 0.277 e. The van der Waals surface area contributed by atoms with E-state index in [1.807, 2.05) is 42.5 Å². The molecular formula is C21H16FN3O2S. The zero-order valence-electron chi connectivity index (χ0n) is 14.9. The number of hydrogen-bond donors (Lipinski definition) is 1. The van der Waals surface area contributed by atoms with Crippen molar-refractivity contribution in [3.63, 3.8) is 0 Å². The quantitative estimate of drug-likeness (QED) is 0.475. The topological polar surface area (TPSA) is 68.0 Å². The molecule has 0 aliphatic rings. The number of carbonyl (C=O) groups is 1. The lowest BCUT2D eigenvalue weighted by Crippen LogP contribution is -2.22. The molecule has 0 aliphatic heterocycles. The van der Waals surface area contributed by atoms with Gasteiger partial charge >= 0.3 is 0 Å². The van der Waals surface area contributed by atoms with Crippen molar-refractivity contribution < 1.29 is 13.6 Å². The second kappa shape index (κ2) is 7.82. The molecule has 140 valence electrons. The molecule has 0 bridgehead atoms. The minimum atomic E-state index is -0.479. The number of benzene rings is 3. The van der Waals surface area contributed by atoms with E-state index in [1.165, 1.54) is 6.07 Å². The summed E-state index contributed by atoms with van der Waals surface area (Å²) >= 11 is 1.12. The molecule has 5 nitrogen and oxygen atoms in total. The second-order valence-electron chi connectivity index (χ2n) is 6.13. The summed E-state index contributed by atoms with van der Waals surface area (Å²) < 4.78 is 19.4. The number of halogens is 1. The lowest BCUT2D eigenvalue weighted by Gasteiger charge is -2.12. The summed E-state index contributed by atoms with van der Waals surface area (Å²) in [5.41, 5.74) is 0.975. The predicted molar refractivity (Wildman–Crippen MR) is 108 cm³/mol. The number of aromatic nitrogens is 2. The number of nitrogens with zero attached hydrogens (tertiary/aromatic N) is 2. The molecular weight excluding hydrogens is 377 g/mol. The summed E-state index contributed by atoms with van der Waals surface area (Å²) in [6.45, 7) is 1.75. The Morgan fingerprint density at radius 1 is 1.04 bits per heavy atom. The molecule has 28 heavy (non-hydrogen) atoms. The first kappa shape index (κ1) is 18.2. The Morgan fingerprint density at radius 3 is 2.64 bits per heavy atom. The Kier molecular flexibility index (Phi) is 5.08. The Balaban J connectivity index is 1.47. The molecule has 1 aromatic heterocycles. The van der Waals surface area contributed by atoms with Gasteiger partial charge in [0.05, 0.1) is 10.8 Å². The summed E-state index contributed by atoms with van der Waals surface area (Å²) in [6, 6.07) is 19.8. The normalized spacial score (nSPS) is 12.1. The van der Waals surface area contributed by atoms with Crippen LogP contribution < -0.4 is 5.32 Å². The molecule has 0 saturated carbocycles. The number of thioether (sulfide) groups is 1. The predicted octanol–water partition coefficient (Wildman–Crippen LogP) is 5.15. The first-order valence-electron chi connectivity index (χ1n) is 8.65. The van der Waals surface area contributed by atoms with E-state index >= 15 is 0 Å². The van der Waals surface area contributed by atoms with Crippen LogP contribution in [0.1, 0.15) is 6.92 Å². The highest BCUT2D eigenvalue weighted by atomic mass is 32.2. The largest absolute Gasteiger partial charge is 0.411 e. The molecule has 1 N–H and O–H groups in total. The number of hydrogen-bond acceptors (Lipinski definition) is 5. The highest BCUT2D eigenvalue weighted by Gasteiger charge is 2.20. The van der Waals surface area contributed by atoms with Crippen LogP contribution in [-0.4, -0.2) is 21.4 Å². The van der Waals surface area contributed by atoms with E-state index in [2.05, 4.69) is 15.5 Å². The van der Waals surface area contributed by atoms with Crippen LogP contribution in [-0.2, 0) is 4.79 Å². The van der Waals surface area contributed by atoms with Crippen LogP contribution in [0.3, 0.4) is 0 Å². The molecule has 1 heterocycles. The molecule has 0 saturated heterocycles. The maximum absolute atomic E-state index is 13.8. The lowest BCUT2D eigenvalue weighted by atomic mass is 10.1. The van der Waals surface area contributed by atoms with E-state index in [-0.39, 0.29) is 22.6 Å². The van der Waals surface area contributed by atoms with Crippen molar-refractivity contribution in [1.29, 1.82) is 0 Å². The standard InChI is InChI=1S/C21H16FN3O2S/c1-13(19(26)23-18-12-6-8-14-7-2-3-9-15(14)18)28-21-25-24-20(27-21)16-10-4-5-11-17(16)22/h2-13H,1H3,(H,23,26)/t13-/m1/s1. The van der Waals surface area contributed by atoms with Gasteiger partial charge in [-0.2, -0.15) is 0 Å². The Labute approximate surface area is 165 Å². The zero-order valence-corrected chi connectivity index (χ0v) is 15.7. The molecule has 7 heteroatoms. The molecule has 0 aliphatic carbocycles. The van der Waals surface area contributed by atoms with E-state index in [0.717, 1.165) is 28.2 Å². The molecule has 0 radical (unpaired) electrons. The minimum absolute atomic E-state index is 0.0854. The van der Waals surface area contributed by atoms with E-state index in [9.17, 15) is 9.18 Å². The van der Waals surface area contributed by atoms with Crippen molar-refractivity contribution in [3.05, 3.63) is 72.5 Å². The van der Waals surface area contributed by atoms with Crippen LogP contribution >= 0.6 is 11.8 Å². The number of anilines is 1. The Bertz CT molecular complexity index is 1140. The fourth-order valence-corrected chi connectivity index (χ4v) is 3.46. The molecule has 4 rings (SSSR count). The van der Waals surface area contributed by atoms with Crippen molar-refractivity contribution in [1.82, 2.24) is 10.2 Å². The summed E-state index contributed by atoms with van der Waals surface area (Å²) in [5, 5.41) is 12.5. The Morgan fingerprint density at radius 2 is 1.79 bits per heavy atom. The van der Waals surface area contributed by atoms with Gasteiger partial charge in [-0.15, -0.1) is 10.2 Å². The van der Waals surface area contributed by atoms with Crippen molar-refractivity contribution in [2.75, 3.05) is 5.32 Å². The van der Waals surface area contributed by atoms with Crippen LogP contribution in [0.2, 0.25) is 0 Å². The third-order valence-corrected chi connectivity index (χ3v) is 5.14. The molecule has 3 aromatic carbocycles. The van der Waals surface area contributed by atoms with Crippen molar-refractivity contribution >= 4 is 34.1 Å². The van der Waals surface area contributed by atoms with E-state index in [4.69, 9.17) is 4.42 Å². The monoisotopic (exact) mass is 393 g/mol. The van der Waals surface area contributed by atoms with Crippen molar-refractivity contribution in [3.8, 4) is 11.5 Å². The van der Waals surface area contributed by atoms with Crippen molar-refractivity contribution in [2.45, 2.75) is 17.4 Å². The van der Waals surface area contributed by atoms with Crippen LogP contribution in [0.4, 0.5) is 10.1 Å². The van der Waals surface area contributed by atoms with Crippen LogP contribution in [0, 0.1) is 5.82 Å². The van der Waals surface area contributed by atoms with Crippen LogP contribution in [0.5, 0.6) is 0 Å². The molecule has 0 fully saturated rings. The average Bonchev–Trinajstić information content (AvgIpc) is 3.16. The first-order valence-corrected chi connectivity index (χ1v) is 9.53. The number of fused-ring (bicyclic) bond motifs is 1. The van der Waals surface area contributed by atoms with Gasteiger partial charge in [-0.05, 0) is 30.5 Å². The fraction of sp³-hybridized carbons (Fsp3) is 0.0952. The summed E-state index contributed by atoms with van der Waals surface area (Å²) in [5.74, 6) is -0.543. The van der Waals surface area contributed by atoms with Gasteiger partial charge in [-0.1, -0.05) is 60.3 Å². The number of carbonyl (C=O) groups excluding carboxylic acids is 1. The second-order valence-corrected chi connectivity index (χ2v) is 7.42. The SMILES string of the molecule is C[C@@H](Sc1nnc(-c2ccccc2F)o1)C(=O)Nc1cccc2ccccc12.